The van der Waals surface area contributed by atoms with E-state index in [-0.39, 0.29) is 21.9 Å². The summed E-state index contributed by atoms with van der Waals surface area (Å²) >= 11 is 6.03. The predicted molar refractivity (Wildman–Crippen MR) is 99.2 cm³/mol. The van der Waals surface area contributed by atoms with Crippen molar-refractivity contribution in [3.63, 3.8) is 0 Å². The summed E-state index contributed by atoms with van der Waals surface area (Å²) in [7, 11) is -3.60. The van der Waals surface area contributed by atoms with Crippen LogP contribution in [0.5, 0.6) is 0 Å². The molecule has 1 aliphatic rings. The Morgan fingerprint density at radius 1 is 1.24 bits per heavy atom. The second kappa shape index (κ2) is 8.98. The van der Waals surface area contributed by atoms with E-state index in [0.29, 0.717) is 32.7 Å². The van der Waals surface area contributed by atoms with Crippen LogP contribution in [0.4, 0.5) is 0 Å². The van der Waals surface area contributed by atoms with Gasteiger partial charge in [-0.25, -0.2) is 8.42 Å². The fraction of sp³-hybridized carbons (Fsp3) is 0.588. The Morgan fingerprint density at radius 2 is 1.88 bits per heavy atom. The van der Waals surface area contributed by atoms with Crippen LogP contribution in [0, 0.1) is 0 Å². The summed E-state index contributed by atoms with van der Waals surface area (Å²) in [4.78, 5) is 14.2. The molecule has 1 atom stereocenters. The van der Waals surface area contributed by atoms with Crippen molar-refractivity contribution in [2.45, 2.75) is 37.6 Å². The van der Waals surface area contributed by atoms with Crippen molar-refractivity contribution in [2.75, 3.05) is 32.7 Å². The van der Waals surface area contributed by atoms with Gasteiger partial charge >= 0.3 is 0 Å². The molecule has 0 saturated carbocycles. The van der Waals surface area contributed by atoms with Crippen LogP contribution >= 0.6 is 11.6 Å². The minimum Gasteiger partial charge on any atom is -0.353 e. The average molecular weight is 388 g/mol. The van der Waals surface area contributed by atoms with Gasteiger partial charge in [-0.1, -0.05) is 37.1 Å². The fourth-order valence-electron chi connectivity index (χ4n) is 2.95. The van der Waals surface area contributed by atoms with Crippen LogP contribution in [-0.2, 0) is 14.8 Å². The minimum absolute atomic E-state index is 0.0108. The van der Waals surface area contributed by atoms with Gasteiger partial charge in [-0.3, -0.25) is 9.69 Å². The first-order valence-electron chi connectivity index (χ1n) is 8.61. The number of nitrogens with one attached hydrogen (secondary N) is 1. The van der Waals surface area contributed by atoms with Crippen molar-refractivity contribution in [2.24, 2.45) is 0 Å². The van der Waals surface area contributed by atoms with Crippen LogP contribution < -0.4 is 5.32 Å². The molecule has 25 heavy (non-hydrogen) atoms. The Kier molecular flexibility index (Phi) is 7.25. The number of sulfonamides is 1. The molecule has 1 aromatic rings. The van der Waals surface area contributed by atoms with Crippen molar-refractivity contribution in [1.29, 1.82) is 0 Å². The second-order valence-electron chi connectivity index (χ2n) is 6.37. The van der Waals surface area contributed by atoms with Gasteiger partial charge in [0.2, 0.25) is 15.9 Å². The van der Waals surface area contributed by atoms with E-state index in [2.05, 4.69) is 12.2 Å². The van der Waals surface area contributed by atoms with Gasteiger partial charge in [0.1, 0.15) is 4.90 Å². The van der Waals surface area contributed by atoms with Gasteiger partial charge < -0.3 is 5.32 Å². The maximum Gasteiger partial charge on any atom is 0.244 e. The number of rotatable bonds is 7. The highest BCUT2D eigenvalue weighted by Gasteiger charge is 2.30. The van der Waals surface area contributed by atoms with E-state index in [1.165, 1.54) is 10.4 Å². The number of halogens is 1. The monoisotopic (exact) mass is 387 g/mol. The molecule has 0 radical (unpaired) electrons. The fourth-order valence-corrected chi connectivity index (χ4v) is 4.87. The Hall–Kier alpha value is -1.15. The van der Waals surface area contributed by atoms with Crippen molar-refractivity contribution < 1.29 is 13.2 Å². The lowest BCUT2D eigenvalue weighted by atomic mass is 10.2. The van der Waals surface area contributed by atoms with Crippen molar-refractivity contribution in [1.82, 2.24) is 14.5 Å². The molecule has 1 amide bonds. The number of amides is 1. The Morgan fingerprint density at radius 3 is 2.48 bits per heavy atom. The largest absolute Gasteiger partial charge is 0.353 e. The lowest BCUT2D eigenvalue weighted by molar-refractivity contribution is -0.123. The first-order valence-corrected chi connectivity index (χ1v) is 10.4. The molecule has 1 heterocycles. The van der Waals surface area contributed by atoms with Gasteiger partial charge in [0.25, 0.3) is 0 Å². The van der Waals surface area contributed by atoms with Crippen LogP contribution in [0.1, 0.15) is 26.7 Å². The molecule has 1 aliphatic heterocycles. The first kappa shape index (κ1) is 20.2. The number of carbonyl (C=O) groups is 1. The molecule has 0 aromatic heterocycles. The third-order valence-electron chi connectivity index (χ3n) is 4.28. The van der Waals surface area contributed by atoms with E-state index in [4.69, 9.17) is 11.6 Å². The highest BCUT2D eigenvalue weighted by Crippen LogP contribution is 2.24. The van der Waals surface area contributed by atoms with Gasteiger partial charge in [-0.15, -0.1) is 0 Å². The summed E-state index contributed by atoms with van der Waals surface area (Å²) in [6, 6.07) is 6.63. The second-order valence-corrected chi connectivity index (χ2v) is 8.68. The molecule has 6 nitrogen and oxygen atoms in total. The zero-order valence-electron chi connectivity index (χ0n) is 14.7. The maximum atomic E-state index is 12.7. The molecule has 1 aromatic carbocycles. The quantitative estimate of drug-likeness (QED) is 0.776. The van der Waals surface area contributed by atoms with E-state index in [9.17, 15) is 13.2 Å². The van der Waals surface area contributed by atoms with Gasteiger partial charge in [0.15, 0.2) is 0 Å². The van der Waals surface area contributed by atoms with Gasteiger partial charge in [-0.05, 0) is 25.5 Å². The molecular formula is C17H26ClN3O3S. The highest BCUT2D eigenvalue weighted by atomic mass is 35.5. The highest BCUT2D eigenvalue weighted by molar-refractivity contribution is 7.89. The molecule has 1 saturated heterocycles. The van der Waals surface area contributed by atoms with E-state index >= 15 is 0 Å². The lowest BCUT2D eigenvalue weighted by Gasteiger charge is -2.33. The molecule has 0 spiro atoms. The van der Waals surface area contributed by atoms with Crippen molar-refractivity contribution >= 4 is 27.5 Å². The number of piperazine rings is 1. The smallest absolute Gasteiger partial charge is 0.244 e. The maximum absolute atomic E-state index is 12.7. The summed E-state index contributed by atoms with van der Waals surface area (Å²) in [5.74, 6) is -0.0108. The van der Waals surface area contributed by atoms with Gasteiger partial charge in [-0.2, -0.15) is 4.31 Å². The molecule has 2 rings (SSSR count). The number of hydrogen-bond donors (Lipinski definition) is 1. The minimum atomic E-state index is -3.60. The molecule has 1 fully saturated rings. The molecule has 0 bridgehead atoms. The van der Waals surface area contributed by atoms with Crippen LogP contribution in [0.3, 0.4) is 0 Å². The van der Waals surface area contributed by atoms with E-state index in [1.807, 2.05) is 11.8 Å². The molecular weight excluding hydrogens is 362 g/mol. The van der Waals surface area contributed by atoms with Crippen LogP contribution in [-0.4, -0.2) is 62.3 Å². The van der Waals surface area contributed by atoms with Crippen molar-refractivity contribution in [3.8, 4) is 0 Å². The summed E-state index contributed by atoms with van der Waals surface area (Å²) in [5.41, 5.74) is 0. The SMILES string of the molecule is CCC[C@H](C)NC(=O)CN1CCN(S(=O)(=O)c2ccccc2Cl)CC1. The molecule has 0 aliphatic carbocycles. The summed E-state index contributed by atoms with van der Waals surface area (Å²) < 4.78 is 26.8. The topological polar surface area (TPSA) is 69.7 Å². The summed E-state index contributed by atoms with van der Waals surface area (Å²) in [6.07, 6.45) is 1.98. The lowest BCUT2D eigenvalue weighted by Crippen LogP contribution is -2.51. The standard InChI is InChI=1S/C17H26ClN3O3S/c1-3-6-14(2)19-17(22)13-20-9-11-21(12-10-20)25(23,24)16-8-5-4-7-15(16)18/h4-5,7-8,14H,3,6,9-13H2,1-2H3,(H,19,22)/t14-/m0/s1. The number of hydrogen-bond acceptors (Lipinski definition) is 4. The zero-order chi connectivity index (χ0) is 18.4. The number of nitrogens with zero attached hydrogens (tertiary/aromatic N) is 2. The Labute approximate surface area is 155 Å². The van der Waals surface area contributed by atoms with E-state index < -0.39 is 10.0 Å². The molecule has 1 N–H and O–H groups in total. The summed E-state index contributed by atoms with van der Waals surface area (Å²) in [5, 5.41) is 3.20. The molecule has 8 heteroatoms. The zero-order valence-corrected chi connectivity index (χ0v) is 16.3. The normalized spacial score (nSPS) is 18.0. The predicted octanol–water partition coefficient (Wildman–Crippen LogP) is 1.95. The third-order valence-corrected chi connectivity index (χ3v) is 6.68. The Balaban J connectivity index is 1.89. The van der Waals surface area contributed by atoms with Gasteiger partial charge in [0, 0.05) is 32.2 Å². The number of carbonyl (C=O) groups excluding carboxylic acids is 1. The first-order chi connectivity index (χ1) is 11.8. The average Bonchev–Trinajstić information content (AvgIpc) is 2.55. The summed E-state index contributed by atoms with van der Waals surface area (Å²) in [6.45, 7) is 6.14. The molecule has 0 unspecified atom stereocenters. The van der Waals surface area contributed by atoms with E-state index in [1.54, 1.807) is 18.2 Å². The van der Waals surface area contributed by atoms with Crippen LogP contribution in [0.15, 0.2) is 29.2 Å². The third kappa shape index (κ3) is 5.41. The van der Waals surface area contributed by atoms with Crippen molar-refractivity contribution in [3.05, 3.63) is 29.3 Å². The number of benzene rings is 1. The van der Waals surface area contributed by atoms with Crippen LogP contribution in [0.2, 0.25) is 5.02 Å². The van der Waals surface area contributed by atoms with Crippen LogP contribution in [0.25, 0.3) is 0 Å². The van der Waals surface area contributed by atoms with E-state index in [0.717, 1.165) is 12.8 Å². The molecule has 140 valence electrons. The Bertz CT molecular complexity index is 688. The van der Waals surface area contributed by atoms with Gasteiger partial charge in [0.05, 0.1) is 11.6 Å².